The van der Waals surface area contributed by atoms with Crippen molar-refractivity contribution in [1.82, 2.24) is 10.6 Å². The molecule has 1 heterocycles. The number of hydrogen-bond acceptors (Lipinski definition) is 5. The van der Waals surface area contributed by atoms with Crippen LogP contribution in [0.5, 0.6) is 0 Å². The molecular formula is C28H30Cl2N2O5S. The summed E-state index contributed by atoms with van der Waals surface area (Å²) in [5.74, 6) is -1.78. The fraction of sp³-hybridized carbons (Fsp3) is 0.321. The molecule has 0 fully saturated rings. The zero-order valence-electron chi connectivity index (χ0n) is 21.3. The summed E-state index contributed by atoms with van der Waals surface area (Å²) in [4.78, 5) is 37.8. The number of nitrogens with one attached hydrogen (secondary N) is 2. The molecule has 2 amide bonds. The number of carbonyl (C=O) groups excluding carboxylic acids is 2. The molecule has 0 radical (unpaired) electrons. The van der Waals surface area contributed by atoms with Crippen molar-refractivity contribution in [3.05, 3.63) is 91.6 Å². The number of rotatable bonds is 10. The second-order valence-corrected chi connectivity index (χ2v) is 11.7. The van der Waals surface area contributed by atoms with Crippen LogP contribution in [0.1, 0.15) is 65.2 Å². The summed E-state index contributed by atoms with van der Waals surface area (Å²) < 4.78 is 5.16. The largest absolute Gasteiger partial charge is 0.480 e. The number of carboxylic acids is 1. The van der Waals surface area contributed by atoms with Gasteiger partial charge >= 0.3 is 12.1 Å². The predicted molar refractivity (Wildman–Crippen MR) is 151 cm³/mol. The van der Waals surface area contributed by atoms with Gasteiger partial charge in [-0.2, -0.15) is 0 Å². The van der Waals surface area contributed by atoms with Gasteiger partial charge < -0.3 is 20.5 Å². The molecule has 38 heavy (non-hydrogen) atoms. The molecule has 3 aromatic rings. The van der Waals surface area contributed by atoms with Crippen LogP contribution in [0.4, 0.5) is 4.79 Å². The van der Waals surface area contributed by atoms with Gasteiger partial charge in [-0.05, 0) is 81.1 Å². The van der Waals surface area contributed by atoms with Crippen molar-refractivity contribution in [2.45, 2.75) is 51.2 Å². The highest BCUT2D eigenvalue weighted by molar-refractivity contribution is 7.14. The van der Waals surface area contributed by atoms with E-state index in [-0.39, 0.29) is 18.9 Å². The van der Waals surface area contributed by atoms with Gasteiger partial charge in [-0.3, -0.25) is 4.79 Å². The van der Waals surface area contributed by atoms with E-state index >= 15 is 0 Å². The molecule has 0 aliphatic rings. The number of hydrogen-bond donors (Lipinski definition) is 3. The SMILES string of the molecule is CC(C)(C)OC(=O)NCCC[C@H](NC(=O)c1ccc(C(c2ccc(Cl)cc2)c2ccc(Cl)cc2)s1)C(=O)O. The minimum absolute atomic E-state index is 0.146. The van der Waals surface area contributed by atoms with Crippen LogP contribution in [0.15, 0.2) is 60.7 Å². The lowest BCUT2D eigenvalue weighted by Gasteiger charge is -2.20. The highest BCUT2D eigenvalue weighted by Crippen LogP contribution is 2.37. The Morgan fingerprint density at radius 3 is 1.97 bits per heavy atom. The Labute approximate surface area is 236 Å². The number of alkyl carbamates (subject to hydrolysis) is 1. The van der Waals surface area contributed by atoms with E-state index in [4.69, 9.17) is 27.9 Å². The van der Waals surface area contributed by atoms with Gasteiger partial charge in [0.05, 0.1) is 4.88 Å². The number of carboxylic acid groups (broad SMARTS) is 1. The minimum atomic E-state index is -1.15. The van der Waals surface area contributed by atoms with Gasteiger partial charge in [0, 0.05) is 27.4 Å². The van der Waals surface area contributed by atoms with Crippen molar-refractivity contribution in [3.8, 4) is 0 Å². The molecule has 10 heteroatoms. The van der Waals surface area contributed by atoms with Gasteiger partial charge in [-0.1, -0.05) is 47.5 Å². The number of ether oxygens (including phenoxy) is 1. The van der Waals surface area contributed by atoms with E-state index in [0.717, 1.165) is 16.0 Å². The maximum Gasteiger partial charge on any atom is 0.407 e. The summed E-state index contributed by atoms with van der Waals surface area (Å²) in [5, 5.41) is 16.1. The quantitative estimate of drug-likeness (QED) is 0.232. The molecule has 0 aliphatic heterocycles. The Bertz CT molecular complexity index is 1210. The number of benzene rings is 2. The maximum absolute atomic E-state index is 13.0. The Hall–Kier alpha value is -3.07. The summed E-state index contributed by atoms with van der Waals surface area (Å²) in [7, 11) is 0. The van der Waals surface area contributed by atoms with Gasteiger partial charge in [0.2, 0.25) is 0 Å². The second kappa shape index (κ2) is 13.1. The lowest BCUT2D eigenvalue weighted by molar-refractivity contribution is -0.139. The molecule has 0 aliphatic carbocycles. The van der Waals surface area contributed by atoms with Crippen molar-refractivity contribution in [2.75, 3.05) is 6.54 Å². The van der Waals surface area contributed by atoms with Crippen LogP contribution >= 0.6 is 34.5 Å². The number of amides is 2. The molecule has 0 bridgehead atoms. The first-order valence-corrected chi connectivity index (χ1v) is 13.6. The number of carbonyl (C=O) groups is 3. The van der Waals surface area contributed by atoms with Crippen LogP contribution in [0.25, 0.3) is 0 Å². The van der Waals surface area contributed by atoms with E-state index < -0.39 is 29.6 Å². The van der Waals surface area contributed by atoms with Crippen molar-refractivity contribution in [1.29, 1.82) is 0 Å². The maximum atomic E-state index is 13.0. The van der Waals surface area contributed by atoms with Crippen molar-refractivity contribution >= 4 is 52.5 Å². The van der Waals surface area contributed by atoms with E-state index in [0.29, 0.717) is 21.3 Å². The molecule has 2 aromatic carbocycles. The third-order valence-corrected chi connectivity index (χ3v) is 7.14. The highest BCUT2D eigenvalue weighted by atomic mass is 35.5. The van der Waals surface area contributed by atoms with E-state index in [1.807, 2.05) is 54.6 Å². The second-order valence-electron chi connectivity index (χ2n) is 9.67. The van der Waals surface area contributed by atoms with Crippen LogP contribution in [0.3, 0.4) is 0 Å². The summed E-state index contributed by atoms with van der Waals surface area (Å²) >= 11 is 13.5. The standard InChI is InChI=1S/C28H30Cl2N2O5S/c1-28(2,3)37-27(36)31-16-4-5-21(26(34)35)32-25(33)23-15-14-22(38-23)24(17-6-10-19(29)11-7-17)18-8-12-20(30)13-9-18/h6-15,21,24H,4-5,16H2,1-3H3,(H,31,36)(H,32,33)(H,34,35)/t21-/m0/s1. The van der Waals surface area contributed by atoms with Crippen molar-refractivity contribution in [3.63, 3.8) is 0 Å². The summed E-state index contributed by atoms with van der Waals surface area (Å²) in [5.41, 5.74) is 1.36. The molecule has 0 unspecified atom stereocenters. The summed E-state index contributed by atoms with van der Waals surface area (Å²) in [6.07, 6.45) is -0.0789. The van der Waals surface area contributed by atoms with Crippen LogP contribution < -0.4 is 10.6 Å². The third-order valence-electron chi connectivity index (χ3n) is 5.48. The Morgan fingerprint density at radius 2 is 1.47 bits per heavy atom. The Balaban J connectivity index is 1.69. The first-order chi connectivity index (χ1) is 17.9. The fourth-order valence-electron chi connectivity index (χ4n) is 3.76. The molecule has 1 aromatic heterocycles. The van der Waals surface area contributed by atoms with Crippen LogP contribution in [0.2, 0.25) is 10.0 Å². The van der Waals surface area contributed by atoms with E-state index in [9.17, 15) is 19.5 Å². The first kappa shape index (κ1) is 29.5. The van der Waals surface area contributed by atoms with Crippen LogP contribution in [-0.2, 0) is 9.53 Å². The first-order valence-electron chi connectivity index (χ1n) is 12.0. The average Bonchev–Trinajstić information content (AvgIpc) is 3.32. The van der Waals surface area contributed by atoms with Crippen molar-refractivity contribution in [2.24, 2.45) is 0 Å². The van der Waals surface area contributed by atoms with Gasteiger partial charge in [0.15, 0.2) is 0 Å². The highest BCUT2D eigenvalue weighted by Gasteiger charge is 2.24. The van der Waals surface area contributed by atoms with Crippen molar-refractivity contribution < 1.29 is 24.2 Å². The summed E-state index contributed by atoms with van der Waals surface area (Å²) in [6.45, 7) is 5.49. The predicted octanol–water partition coefficient (Wildman–Crippen LogP) is 6.72. The van der Waals surface area contributed by atoms with Crippen LogP contribution in [0, 0.1) is 0 Å². The smallest absolute Gasteiger partial charge is 0.407 e. The molecule has 0 saturated heterocycles. The normalized spacial score (nSPS) is 12.2. The average molecular weight is 578 g/mol. The fourth-order valence-corrected chi connectivity index (χ4v) is 5.08. The molecular weight excluding hydrogens is 547 g/mol. The molecule has 1 atom stereocenters. The summed E-state index contributed by atoms with van der Waals surface area (Å²) in [6, 6.07) is 17.5. The lowest BCUT2D eigenvalue weighted by Crippen LogP contribution is -2.41. The molecule has 202 valence electrons. The molecule has 3 rings (SSSR count). The Morgan fingerprint density at radius 1 is 0.921 bits per heavy atom. The lowest BCUT2D eigenvalue weighted by atomic mass is 9.90. The Kier molecular flexibility index (Phi) is 10.2. The number of aliphatic carboxylic acids is 1. The van der Waals surface area contributed by atoms with E-state index in [1.54, 1.807) is 26.8 Å². The zero-order valence-corrected chi connectivity index (χ0v) is 23.6. The number of halogens is 2. The molecule has 7 nitrogen and oxygen atoms in total. The topological polar surface area (TPSA) is 105 Å². The number of thiophene rings is 1. The van der Waals surface area contributed by atoms with Gasteiger partial charge in [-0.15, -0.1) is 11.3 Å². The van der Waals surface area contributed by atoms with Gasteiger partial charge in [0.25, 0.3) is 5.91 Å². The van der Waals surface area contributed by atoms with Gasteiger partial charge in [0.1, 0.15) is 11.6 Å². The third kappa shape index (κ3) is 8.75. The monoisotopic (exact) mass is 576 g/mol. The van der Waals surface area contributed by atoms with Crippen LogP contribution in [-0.4, -0.2) is 41.3 Å². The zero-order chi connectivity index (χ0) is 27.9. The van der Waals surface area contributed by atoms with E-state index in [1.165, 1.54) is 11.3 Å². The van der Waals surface area contributed by atoms with Gasteiger partial charge in [-0.25, -0.2) is 9.59 Å². The molecule has 0 spiro atoms. The minimum Gasteiger partial charge on any atom is -0.480 e. The molecule has 0 saturated carbocycles. The molecule has 3 N–H and O–H groups in total. The van der Waals surface area contributed by atoms with E-state index in [2.05, 4.69) is 10.6 Å².